The normalized spacial score (nSPS) is 37.2. The standard InChI is InChI=1S/C11H22O/c1-9(2)8-11(12)7-5-4-6-10(11)3/h9-10,12H,4-8H2,1-3H3. The third kappa shape index (κ3) is 2.22. The highest BCUT2D eigenvalue weighted by atomic mass is 16.3. The van der Waals surface area contributed by atoms with Gasteiger partial charge in [-0.1, -0.05) is 33.6 Å². The van der Waals surface area contributed by atoms with Crippen LogP contribution in [0.5, 0.6) is 0 Å². The van der Waals surface area contributed by atoms with Crippen LogP contribution in [0.2, 0.25) is 0 Å². The van der Waals surface area contributed by atoms with Gasteiger partial charge in [-0.15, -0.1) is 0 Å². The van der Waals surface area contributed by atoms with Crippen LogP contribution in [-0.4, -0.2) is 10.7 Å². The molecule has 0 aliphatic heterocycles. The molecule has 1 saturated carbocycles. The second-order valence-corrected chi connectivity index (χ2v) is 4.85. The van der Waals surface area contributed by atoms with Crippen molar-refractivity contribution in [2.45, 2.75) is 58.5 Å². The van der Waals surface area contributed by atoms with Crippen molar-refractivity contribution >= 4 is 0 Å². The van der Waals surface area contributed by atoms with E-state index in [2.05, 4.69) is 20.8 Å². The molecule has 0 aromatic rings. The summed E-state index contributed by atoms with van der Waals surface area (Å²) in [6, 6.07) is 0. The Bertz CT molecular complexity index is 142. The minimum atomic E-state index is -0.341. The van der Waals surface area contributed by atoms with Crippen LogP contribution in [0.1, 0.15) is 52.9 Å². The van der Waals surface area contributed by atoms with Crippen molar-refractivity contribution in [3.63, 3.8) is 0 Å². The van der Waals surface area contributed by atoms with E-state index in [4.69, 9.17) is 0 Å². The Balaban J connectivity index is 2.53. The van der Waals surface area contributed by atoms with E-state index in [1.165, 1.54) is 19.3 Å². The van der Waals surface area contributed by atoms with Crippen molar-refractivity contribution in [2.24, 2.45) is 11.8 Å². The van der Waals surface area contributed by atoms with Gasteiger partial charge >= 0.3 is 0 Å². The molecule has 1 aliphatic carbocycles. The second-order valence-electron chi connectivity index (χ2n) is 4.85. The van der Waals surface area contributed by atoms with Crippen molar-refractivity contribution in [1.29, 1.82) is 0 Å². The fourth-order valence-corrected chi connectivity index (χ4v) is 2.41. The molecule has 0 amide bonds. The van der Waals surface area contributed by atoms with Gasteiger partial charge in [-0.25, -0.2) is 0 Å². The van der Waals surface area contributed by atoms with Gasteiger partial charge in [0.05, 0.1) is 5.60 Å². The lowest BCUT2D eigenvalue weighted by molar-refractivity contribution is -0.0565. The first-order valence-electron chi connectivity index (χ1n) is 5.27. The Morgan fingerprint density at radius 1 is 1.42 bits per heavy atom. The fourth-order valence-electron chi connectivity index (χ4n) is 2.41. The number of hydrogen-bond acceptors (Lipinski definition) is 1. The molecule has 2 unspecified atom stereocenters. The zero-order valence-corrected chi connectivity index (χ0v) is 8.64. The Kier molecular flexibility index (Phi) is 3.16. The van der Waals surface area contributed by atoms with Crippen LogP contribution in [0.25, 0.3) is 0 Å². The number of hydrogen-bond donors (Lipinski definition) is 1. The predicted octanol–water partition coefficient (Wildman–Crippen LogP) is 2.97. The zero-order chi connectivity index (χ0) is 9.19. The van der Waals surface area contributed by atoms with Crippen LogP contribution in [0, 0.1) is 11.8 Å². The SMILES string of the molecule is CC(C)CC1(O)CCCCC1C. The van der Waals surface area contributed by atoms with E-state index >= 15 is 0 Å². The average molecular weight is 170 g/mol. The molecule has 1 heteroatoms. The first kappa shape index (κ1) is 10.0. The lowest BCUT2D eigenvalue weighted by Gasteiger charge is -2.39. The topological polar surface area (TPSA) is 20.2 Å². The van der Waals surface area contributed by atoms with Gasteiger partial charge in [0.25, 0.3) is 0 Å². The molecule has 2 atom stereocenters. The van der Waals surface area contributed by atoms with E-state index < -0.39 is 0 Å². The molecule has 1 aliphatic rings. The van der Waals surface area contributed by atoms with Crippen molar-refractivity contribution in [3.8, 4) is 0 Å². The smallest absolute Gasteiger partial charge is 0.0675 e. The van der Waals surface area contributed by atoms with Crippen LogP contribution >= 0.6 is 0 Å². The Labute approximate surface area is 76.2 Å². The van der Waals surface area contributed by atoms with Crippen molar-refractivity contribution in [3.05, 3.63) is 0 Å². The average Bonchev–Trinajstić information content (AvgIpc) is 1.94. The van der Waals surface area contributed by atoms with Gasteiger partial charge in [0.2, 0.25) is 0 Å². The summed E-state index contributed by atoms with van der Waals surface area (Å²) in [7, 11) is 0. The lowest BCUT2D eigenvalue weighted by Crippen LogP contribution is -2.40. The minimum absolute atomic E-state index is 0.341. The Morgan fingerprint density at radius 2 is 2.08 bits per heavy atom. The molecular weight excluding hydrogens is 148 g/mol. The first-order valence-corrected chi connectivity index (χ1v) is 5.27. The summed E-state index contributed by atoms with van der Waals surface area (Å²) in [6.07, 6.45) is 5.73. The maximum Gasteiger partial charge on any atom is 0.0675 e. The molecule has 0 aromatic carbocycles. The molecule has 0 heterocycles. The second kappa shape index (κ2) is 3.78. The molecule has 1 nitrogen and oxygen atoms in total. The molecule has 72 valence electrons. The van der Waals surface area contributed by atoms with E-state index in [1.807, 2.05) is 0 Å². The summed E-state index contributed by atoms with van der Waals surface area (Å²) in [4.78, 5) is 0. The maximum atomic E-state index is 10.3. The zero-order valence-electron chi connectivity index (χ0n) is 8.64. The highest BCUT2D eigenvalue weighted by Crippen LogP contribution is 2.37. The van der Waals surface area contributed by atoms with Crippen LogP contribution < -0.4 is 0 Å². The summed E-state index contributed by atoms with van der Waals surface area (Å²) in [5.41, 5.74) is -0.341. The maximum absolute atomic E-state index is 10.3. The van der Waals surface area contributed by atoms with E-state index in [0.717, 1.165) is 12.8 Å². The highest BCUT2D eigenvalue weighted by molar-refractivity contribution is 4.88. The van der Waals surface area contributed by atoms with Crippen molar-refractivity contribution in [2.75, 3.05) is 0 Å². The molecule has 0 radical (unpaired) electrons. The lowest BCUT2D eigenvalue weighted by atomic mass is 9.72. The molecule has 0 bridgehead atoms. The van der Waals surface area contributed by atoms with Gasteiger partial charge in [0.15, 0.2) is 0 Å². The molecule has 0 aromatic heterocycles. The van der Waals surface area contributed by atoms with Crippen LogP contribution in [0.15, 0.2) is 0 Å². The van der Waals surface area contributed by atoms with Gasteiger partial charge in [-0.2, -0.15) is 0 Å². The van der Waals surface area contributed by atoms with Gasteiger partial charge < -0.3 is 5.11 Å². The molecular formula is C11H22O. The van der Waals surface area contributed by atoms with E-state index in [-0.39, 0.29) is 5.60 Å². The minimum Gasteiger partial charge on any atom is -0.390 e. The van der Waals surface area contributed by atoms with Gasteiger partial charge in [0.1, 0.15) is 0 Å². The molecule has 12 heavy (non-hydrogen) atoms. The summed E-state index contributed by atoms with van der Waals surface area (Å²) in [5.74, 6) is 1.13. The molecule has 0 saturated heterocycles. The van der Waals surface area contributed by atoms with E-state index in [0.29, 0.717) is 11.8 Å². The summed E-state index contributed by atoms with van der Waals surface area (Å²) in [5, 5.41) is 10.3. The van der Waals surface area contributed by atoms with E-state index in [9.17, 15) is 5.11 Å². The molecule has 1 N–H and O–H groups in total. The fraction of sp³-hybridized carbons (Fsp3) is 1.00. The highest BCUT2D eigenvalue weighted by Gasteiger charge is 2.35. The van der Waals surface area contributed by atoms with Crippen LogP contribution in [0.4, 0.5) is 0 Å². The van der Waals surface area contributed by atoms with Crippen molar-refractivity contribution in [1.82, 2.24) is 0 Å². The first-order chi connectivity index (χ1) is 5.54. The Hall–Kier alpha value is -0.0400. The number of rotatable bonds is 2. The van der Waals surface area contributed by atoms with Crippen LogP contribution in [-0.2, 0) is 0 Å². The Morgan fingerprint density at radius 3 is 2.58 bits per heavy atom. The predicted molar refractivity (Wildman–Crippen MR) is 52.0 cm³/mol. The molecule has 1 rings (SSSR count). The molecule has 1 fully saturated rings. The van der Waals surface area contributed by atoms with Gasteiger partial charge in [-0.3, -0.25) is 0 Å². The van der Waals surface area contributed by atoms with E-state index in [1.54, 1.807) is 0 Å². The largest absolute Gasteiger partial charge is 0.390 e. The summed E-state index contributed by atoms with van der Waals surface area (Å²) >= 11 is 0. The van der Waals surface area contributed by atoms with Crippen LogP contribution in [0.3, 0.4) is 0 Å². The van der Waals surface area contributed by atoms with Crippen molar-refractivity contribution < 1.29 is 5.11 Å². The third-order valence-corrected chi connectivity index (χ3v) is 3.18. The monoisotopic (exact) mass is 170 g/mol. The van der Waals surface area contributed by atoms with Gasteiger partial charge in [-0.05, 0) is 31.1 Å². The molecule has 0 spiro atoms. The number of aliphatic hydroxyl groups is 1. The third-order valence-electron chi connectivity index (χ3n) is 3.18. The summed E-state index contributed by atoms with van der Waals surface area (Å²) in [6.45, 7) is 6.58. The van der Waals surface area contributed by atoms with Gasteiger partial charge in [0, 0.05) is 0 Å². The quantitative estimate of drug-likeness (QED) is 0.675. The summed E-state index contributed by atoms with van der Waals surface area (Å²) < 4.78 is 0.